The predicted octanol–water partition coefficient (Wildman–Crippen LogP) is 4.52. The molecule has 1 amide bonds. The van der Waals surface area contributed by atoms with E-state index in [1.807, 2.05) is 35.7 Å². The fourth-order valence-corrected chi connectivity index (χ4v) is 4.14. The summed E-state index contributed by atoms with van der Waals surface area (Å²) in [6, 6.07) is 14.8. The van der Waals surface area contributed by atoms with Crippen molar-refractivity contribution in [1.82, 2.24) is 15.0 Å². The first-order chi connectivity index (χ1) is 15.3. The molecule has 0 spiro atoms. The Morgan fingerprint density at radius 3 is 2.65 bits per heavy atom. The molecule has 7 nitrogen and oxygen atoms in total. The molecule has 1 saturated heterocycles. The molecular weight excluding hydrogens is 410 g/mol. The van der Waals surface area contributed by atoms with Gasteiger partial charge < -0.3 is 15.0 Å². The van der Waals surface area contributed by atoms with Gasteiger partial charge in [-0.05, 0) is 43.2 Å². The fraction of sp³-hybridized carbons (Fsp3) is 0.217. The monoisotopic (exact) mass is 431 g/mol. The second-order valence-electron chi connectivity index (χ2n) is 7.33. The largest absolute Gasteiger partial charge is 0.487 e. The molecule has 5 rings (SSSR count). The van der Waals surface area contributed by atoms with Crippen LogP contribution in [0.3, 0.4) is 0 Å². The molecule has 4 aromatic rings. The molecule has 156 valence electrons. The van der Waals surface area contributed by atoms with Crippen molar-refractivity contribution in [2.45, 2.75) is 19.4 Å². The third-order valence-corrected chi connectivity index (χ3v) is 5.79. The van der Waals surface area contributed by atoms with Gasteiger partial charge in [0.15, 0.2) is 11.6 Å². The molecule has 0 saturated carbocycles. The molecule has 3 heterocycles. The average molecular weight is 432 g/mol. The zero-order chi connectivity index (χ0) is 21.0. The first-order valence-electron chi connectivity index (χ1n) is 10.2. The summed E-state index contributed by atoms with van der Waals surface area (Å²) in [5.41, 5.74) is 4.70. The standard InChI is InChI=1S/C23H21N5O2S/c29-23(16-6-5-7-18(12-16)30-13-17-14-31-15-24-17)27-21-22(28-10-3-4-11-28)26-20-9-2-1-8-19(20)25-21/h1-2,5-9,12,14-15H,3-4,10-11,13H2,(H,25,27,29). The van der Waals surface area contributed by atoms with Gasteiger partial charge in [-0.1, -0.05) is 18.2 Å². The van der Waals surface area contributed by atoms with Crippen LogP contribution in [0.15, 0.2) is 59.4 Å². The molecule has 0 radical (unpaired) electrons. The molecule has 1 aliphatic heterocycles. The van der Waals surface area contributed by atoms with Gasteiger partial charge in [-0.15, -0.1) is 11.3 Å². The maximum Gasteiger partial charge on any atom is 0.257 e. The summed E-state index contributed by atoms with van der Waals surface area (Å²) in [6.07, 6.45) is 2.22. The minimum Gasteiger partial charge on any atom is -0.487 e. The van der Waals surface area contributed by atoms with Crippen LogP contribution in [-0.4, -0.2) is 33.9 Å². The Hall–Kier alpha value is -3.52. The normalized spacial score (nSPS) is 13.5. The molecule has 2 aromatic carbocycles. The highest BCUT2D eigenvalue weighted by Gasteiger charge is 2.21. The number of ether oxygens (including phenoxy) is 1. The lowest BCUT2D eigenvalue weighted by Gasteiger charge is -2.20. The van der Waals surface area contributed by atoms with Gasteiger partial charge in [0.25, 0.3) is 5.91 Å². The number of fused-ring (bicyclic) bond motifs is 1. The highest BCUT2D eigenvalue weighted by Crippen LogP contribution is 2.28. The molecular formula is C23H21N5O2S. The van der Waals surface area contributed by atoms with Crippen molar-refractivity contribution >= 4 is 39.9 Å². The van der Waals surface area contributed by atoms with Gasteiger partial charge in [0.1, 0.15) is 12.4 Å². The summed E-state index contributed by atoms with van der Waals surface area (Å²) in [7, 11) is 0. The number of aromatic nitrogens is 3. The molecule has 2 aromatic heterocycles. The van der Waals surface area contributed by atoms with Gasteiger partial charge in [-0.25, -0.2) is 15.0 Å². The smallest absolute Gasteiger partial charge is 0.257 e. The lowest BCUT2D eigenvalue weighted by atomic mass is 10.2. The van der Waals surface area contributed by atoms with E-state index in [1.54, 1.807) is 23.7 Å². The van der Waals surface area contributed by atoms with E-state index in [-0.39, 0.29) is 5.91 Å². The summed E-state index contributed by atoms with van der Waals surface area (Å²) in [5, 5.41) is 4.91. The minimum atomic E-state index is -0.246. The number of carbonyl (C=O) groups excluding carboxylic acids is 1. The number of benzene rings is 2. The second-order valence-corrected chi connectivity index (χ2v) is 8.05. The maximum atomic E-state index is 13.0. The fourth-order valence-electron chi connectivity index (χ4n) is 3.60. The van der Waals surface area contributed by atoms with Crippen molar-refractivity contribution in [3.05, 3.63) is 70.7 Å². The van der Waals surface area contributed by atoms with Crippen molar-refractivity contribution in [2.75, 3.05) is 23.3 Å². The summed E-state index contributed by atoms with van der Waals surface area (Å²) in [4.78, 5) is 28.9. The van der Waals surface area contributed by atoms with Crippen LogP contribution in [0, 0.1) is 0 Å². The number of hydrogen-bond acceptors (Lipinski definition) is 7. The second kappa shape index (κ2) is 8.69. The molecule has 0 bridgehead atoms. The van der Waals surface area contributed by atoms with E-state index in [1.165, 1.54) is 11.3 Å². The lowest BCUT2D eigenvalue weighted by molar-refractivity contribution is 0.102. The summed E-state index contributed by atoms with van der Waals surface area (Å²) < 4.78 is 5.78. The van der Waals surface area contributed by atoms with Crippen molar-refractivity contribution in [3.63, 3.8) is 0 Å². The first-order valence-corrected chi connectivity index (χ1v) is 11.1. The molecule has 8 heteroatoms. The van der Waals surface area contributed by atoms with E-state index in [2.05, 4.69) is 15.2 Å². The SMILES string of the molecule is O=C(Nc1nc2ccccc2nc1N1CCCC1)c1cccc(OCc2cscn2)c1. The van der Waals surface area contributed by atoms with Crippen LogP contribution in [0.1, 0.15) is 28.9 Å². The number of hydrogen-bond donors (Lipinski definition) is 1. The summed E-state index contributed by atoms with van der Waals surface area (Å²) in [5.74, 6) is 1.58. The van der Waals surface area contributed by atoms with Crippen LogP contribution in [-0.2, 0) is 6.61 Å². The molecule has 0 unspecified atom stereocenters. The van der Waals surface area contributed by atoms with E-state index in [0.29, 0.717) is 23.7 Å². The van der Waals surface area contributed by atoms with Gasteiger partial charge in [0.2, 0.25) is 0 Å². The Bertz CT molecular complexity index is 1210. The van der Waals surface area contributed by atoms with E-state index < -0.39 is 0 Å². The molecule has 1 N–H and O–H groups in total. The summed E-state index contributed by atoms with van der Waals surface area (Å²) in [6.45, 7) is 2.19. The van der Waals surface area contributed by atoms with Gasteiger partial charge in [0.05, 0.1) is 22.2 Å². The van der Waals surface area contributed by atoms with Gasteiger partial charge in [0, 0.05) is 24.0 Å². The van der Waals surface area contributed by atoms with Crippen LogP contribution in [0.2, 0.25) is 0 Å². The van der Waals surface area contributed by atoms with Crippen LogP contribution >= 0.6 is 11.3 Å². The number of rotatable bonds is 6. The molecule has 0 atom stereocenters. The average Bonchev–Trinajstić information content (AvgIpc) is 3.52. The number of carbonyl (C=O) groups is 1. The molecule has 0 aliphatic carbocycles. The van der Waals surface area contributed by atoms with Crippen molar-refractivity contribution < 1.29 is 9.53 Å². The molecule has 31 heavy (non-hydrogen) atoms. The van der Waals surface area contributed by atoms with Crippen molar-refractivity contribution in [2.24, 2.45) is 0 Å². The Balaban J connectivity index is 1.39. The first kappa shape index (κ1) is 19.4. The lowest BCUT2D eigenvalue weighted by Crippen LogP contribution is -2.23. The molecule has 1 aliphatic rings. The zero-order valence-corrected chi connectivity index (χ0v) is 17.6. The van der Waals surface area contributed by atoms with E-state index in [4.69, 9.17) is 14.7 Å². The number of nitrogens with zero attached hydrogens (tertiary/aromatic N) is 4. The third-order valence-electron chi connectivity index (χ3n) is 5.16. The van der Waals surface area contributed by atoms with Crippen molar-refractivity contribution in [3.8, 4) is 5.75 Å². The van der Waals surface area contributed by atoms with Crippen LogP contribution in [0.25, 0.3) is 11.0 Å². The number of amides is 1. The third kappa shape index (κ3) is 4.34. The summed E-state index contributed by atoms with van der Waals surface area (Å²) >= 11 is 1.52. The highest BCUT2D eigenvalue weighted by molar-refractivity contribution is 7.07. The quantitative estimate of drug-likeness (QED) is 0.484. The topological polar surface area (TPSA) is 80.2 Å². The number of para-hydroxylation sites is 2. The Morgan fingerprint density at radius 2 is 1.87 bits per heavy atom. The van der Waals surface area contributed by atoms with Gasteiger partial charge >= 0.3 is 0 Å². The number of anilines is 2. The van der Waals surface area contributed by atoms with Crippen molar-refractivity contribution in [1.29, 1.82) is 0 Å². The van der Waals surface area contributed by atoms with E-state index in [9.17, 15) is 4.79 Å². The number of nitrogens with one attached hydrogen (secondary N) is 1. The highest BCUT2D eigenvalue weighted by atomic mass is 32.1. The van der Waals surface area contributed by atoms with E-state index >= 15 is 0 Å². The number of thiazole rings is 1. The Labute approximate surface area is 183 Å². The Morgan fingerprint density at radius 1 is 1.06 bits per heavy atom. The molecule has 1 fully saturated rings. The van der Waals surface area contributed by atoms with Crippen LogP contribution < -0.4 is 15.0 Å². The Kier molecular flexibility index (Phi) is 5.45. The van der Waals surface area contributed by atoms with E-state index in [0.717, 1.165) is 48.5 Å². The minimum absolute atomic E-state index is 0.246. The predicted molar refractivity (Wildman–Crippen MR) is 122 cm³/mol. The van der Waals surface area contributed by atoms with Gasteiger partial charge in [-0.3, -0.25) is 4.79 Å². The van der Waals surface area contributed by atoms with Crippen LogP contribution in [0.5, 0.6) is 5.75 Å². The van der Waals surface area contributed by atoms with Crippen LogP contribution in [0.4, 0.5) is 11.6 Å². The van der Waals surface area contributed by atoms with Gasteiger partial charge in [-0.2, -0.15) is 0 Å². The zero-order valence-electron chi connectivity index (χ0n) is 16.8. The maximum absolute atomic E-state index is 13.0.